The summed E-state index contributed by atoms with van der Waals surface area (Å²) in [5.74, 6) is 0.514. The van der Waals surface area contributed by atoms with Gasteiger partial charge in [-0.05, 0) is 11.6 Å². The van der Waals surface area contributed by atoms with Gasteiger partial charge in [-0.1, -0.05) is 60.1 Å². The highest BCUT2D eigenvalue weighted by Gasteiger charge is 2.38. The molecule has 0 aliphatic carbocycles. The van der Waals surface area contributed by atoms with E-state index >= 15 is 0 Å². The van der Waals surface area contributed by atoms with Crippen molar-refractivity contribution in [3.8, 4) is 11.3 Å². The Hall–Kier alpha value is -2.68. The molecule has 3 heterocycles. The maximum atomic E-state index is 13.6. The number of carbonyl (C=O) groups excluding carboxylic acids is 1. The molecule has 2 aromatic carbocycles. The minimum Gasteiger partial charge on any atom is -0.329 e. The van der Waals surface area contributed by atoms with Crippen LogP contribution in [0, 0.1) is 0 Å². The second kappa shape index (κ2) is 9.52. The molecular weight excluding hydrogens is 472 g/mol. The van der Waals surface area contributed by atoms with Crippen molar-refractivity contribution in [1.82, 2.24) is 14.7 Å². The van der Waals surface area contributed by atoms with E-state index in [1.54, 1.807) is 4.68 Å². The molecule has 7 nitrogen and oxygen atoms in total. The summed E-state index contributed by atoms with van der Waals surface area (Å²) in [5, 5.41) is 5.43. The molecule has 34 heavy (non-hydrogen) atoms. The van der Waals surface area contributed by atoms with E-state index in [1.165, 1.54) is 4.90 Å². The van der Waals surface area contributed by atoms with Crippen molar-refractivity contribution in [3.63, 3.8) is 0 Å². The second-order valence-corrected chi connectivity index (χ2v) is 11.7. The first kappa shape index (κ1) is 23.1. The van der Waals surface area contributed by atoms with Crippen LogP contribution in [0.15, 0.2) is 60.8 Å². The maximum Gasteiger partial charge on any atom is 0.258 e. The second-order valence-electron chi connectivity index (χ2n) is 9.10. The first-order valence-electron chi connectivity index (χ1n) is 11.6. The highest BCUT2D eigenvalue weighted by Crippen LogP contribution is 2.25. The molecule has 5 rings (SSSR count). The van der Waals surface area contributed by atoms with Gasteiger partial charge in [0.05, 0.1) is 44.0 Å². The lowest BCUT2D eigenvalue weighted by molar-refractivity contribution is -0.925. The van der Waals surface area contributed by atoms with Crippen LogP contribution in [0.5, 0.6) is 0 Å². The Morgan fingerprint density at radius 1 is 1.06 bits per heavy atom. The molecule has 0 bridgehead atoms. The summed E-state index contributed by atoms with van der Waals surface area (Å²) in [6.45, 7) is 3.21. The Labute approximate surface area is 204 Å². The first-order valence-corrected chi connectivity index (χ1v) is 13.8. The van der Waals surface area contributed by atoms with Crippen LogP contribution in [0.2, 0.25) is 5.02 Å². The highest BCUT2D eigenvalue weighted by atomic mass is 35.5. The molecule has 0 radical (unpaired) electrons. The Morgan fingerprint density at radius 3 is 2.44 bits per heavy atom. The molecule has 0 saturated carbocycles. The van der Waals surface area contributed by atoms with Crippen LogP contribution in [-0.4, -0.2) is 72.7 Å². The van der Waals surface area contributed by atoms with Crippen molar-refractivity contribution in [3.05, 3.63) is 76.9 Å². The lowest BCUT2D eigenvalue weighted by Crippen LogP contribution is -3.18. The van der Waals surface area contributed by atoms with E-state index in [0.29, 0.717) is 35.9 Å². The predicted octanol–water partition coefficient (Wildman–Crippen LogP) is 1.78. The van der Waals surface area contributed by atoms with Crippen LogP contribution >= 0.6 is 11.6 Å². The number of carbonyl (C=O) groups is 1. The summed E-state index contributed by atoms with van der Waals surface area (Å²) in [5.41, 5.74) is 3.07. The van der Waals surface area contributed by atoms with Gasteiger partial charge in [-0.2, -0.15) is 5.10 Å². The van der Waals surface area contributed by atoms with Gasteiger partial charge in [-0.3, -0.25) is 9.48 Å². The van der Waals surface area contributed by atoms with Gasteiger partial charge >= 0.3 is 0 Å². The number of hydrogen-bond donors (Lipinski definition) is 1. The van der Waals surface area contributed by atoms with Crippen molar-refractivity contribution in [2.75, 3.05) is 37.7 Å². The van der Waals surface area contributed by atoms with Crippen molar-refractivity contribution in [1.29, 1.82) is 0 Å². The van der Waals surface area contributed by atoms with Crippen molar-refractivity contribution in [2.24, 2.45) is 0 Å². The smallest absolute Gasteiger partial charge is 0.258 e. The van der Waals surface area contributed by atoms with Crippen LogP contribution in [0.3, 0.4) is 0 Å². The van der Waals surface area contributed by atoms with Gasteiger partial charge in [0.25, 0.3) is 5.91 Å². The number of halogens is 1. The van der Waals surface area contributed by atoms with E-state index in [1.807, 2.05) is 65.7 Å². The third kappa shape index (κ3) is 4.89. The van der Waals surface area contributed by atoms with E-state index in [-0.39, 0.29) is 23.5 Å². The van der Waals surface area contributed by atoms with Crippen molar-refractivity contribution < 1.29 is 18.1 Å². The number of quaternary nitrogens is 1. The molecule has 2 aliphatic heterocycles. The number of rotatable bonds is 5. The molecule has 2 fully saturated rings. The van der Waals surface area contributed by atoms with Gasteiger partial charge in [0.15, 0.2) is 9.84 Å². The first-order chi connectivity index (χ1) is 16.4. The van der Waals surface area contributed by atoms with Crippen LogP contribution in [0.1, 0.15) is 22.3 Å². The van der Waals surface area contributed by atoms with E-state index in [9.17, 15) is 13.2 Å². The molecular formula is C25H28ClN4O3S+. The molecule has 178 valence electrons. The summed E-state index contributed by atoms with van der Waals surface area (Å²) in [7, 11) is -2.90. The van der Waals surface area contributed by atoms with Gasteiger partial charge in [0.1, 0.15) is 17.5 Å². The summed E-state index contributed by atoms with van der Waals surface area (Å²) < 4.78 is 25.5. The minimum atomic E-state index is -2.90. The average Bonchev–Trinajstić information content (AvgIpc) is 3.44. The number of sulfone groups is 1. The molecule has 3 aromatic rings. The zero-order valence-electron chi connectivity index (χ0n) is 18.9. The largest absolute Gasteiger partial charge is 0.329 e. The van der Waals surface area contributed by atoms with Crippen LogP contribution < -0.4 is 4.90 Å². The molecule has 2 aliphatic rings. The number of amides is 1. The van der Waals surface area contributed by atoms with Gasteiger partial charge in [0, 0.05) is 23.2 Å². The topological polar surface area (TPSA) is 76.7 Å². The summed E-state index contributed by atoms with van der Waals surface area (Å²) in [6, 6.07) is 17.5. The predicted molar refractivity (Wildman–Crippen MR) is 132 cm³/mol. The minimum absolute atomic E-state index is 0.0395. The highest BCUT2D eigenvalue weighted by molar-refractivity contribution is 7.91. The van der Waals surface area contributed by atoms with Crippen LogP contribution in [-0.2, 0) is 16.4 Å². The lowest BCUT2D eigenvalue weighted by atomic mass is 10.1. The number of nitrogens with one attached hydrogen (secondary N) is 1. The molecule has 9 heteroatoms. The van der Waals surface area contributed by atoms with Gasteiger partial charge in [0.2, 0.25) is 0 Å². The van der Waals surface area contributed by atoms with Gasteiger partial charge in [-0.15, -0.1) is 0 Å². The zero-order chi connectivity index (χ0) is 23.7. The molecule has 0 spiro atoms. The molecule has 1 unspecified atom stereocenters. The SMILES string of the molecule is O=C(c1cn(Cc2ccccc2Cl)nc1-c1ccccc1)N1CC[NH+](C2CCS(=O)(=O)C2)CC1. The molecule has 2 saturated heterocycles. The monoisotopic (exact) mass is 499 g/mol. The standard InChI is InChI=1S/C25H27ClN4O3S/c26-23-9-5-4-8-20(23)16-30-17-22(24(27-30)19-6-2-1-3-7-19)25(31)29-13-11-28(12-14-29)21-10-15-34(32,33)18-21/h1-9,17,21H,10-16,18H2/p+1. The number of aromatic nitrogens is 2. The molecule has 1 atom stereocenters. The van der Waals surface area contributed by atoms with Crippen molar-refractivity contribution in [2.45, 2.75) is 19.0 Å². The van der Waals surface area contributed by atoms with Crippen LogP contribution in [0.4, 0.5) is 0 Å². The van der Waals surface area contributed by atoms with E-state index < -0.39 is 9.84 Å². The van der Waals surface area contributed by atoms with Gasteiger partial charge < -0.3 is 9.80 Å². The Balaban J connectivity index is 1.36. The average molecular weight is 500 g/mol. The Morgan fingerprint density at radius 2 is 1.76 bits per heavy atom. The number of nitrogens with zero attached hydrogens (tertiary/aromatic N) is 3. The number of benzene rings is 2. The number of piperazine rings is 1. The zero-order valence-corrected chi connectivity index (χ0v) is 20.4. The van der Waals surface area contributed by atoms with Gasteiger partial charge in [-0.25, -0.2) is 8.42 Å². The Kier molecular flexibility index (Phi) is 6.46. The quantitative estimate of drug-likeness (QED) is 0.580. The molecule has 1 aromatic heterocycles. The Bertz CT molecular complexity index is 1280. The normalized spacial score (nSPS) is 20.5. The third-order valence-corrected chi connectivity index (χ3v) is 8.97. The van der Waals surface area contributed by atoms with Crippen molar-refractivity contribution >= 4 is 27.3 Å². The summed E-state index contributed by atoms with van der Waals surface area (Å²) in [6.07, 6.45) is 2.54. The fourth-order valence-electron chi connectivity index (χ4n) is 4.96. The molecule has 1 N–H and O–H groups in total. The third-order valence-electron chi connectivity index (χ3n) is 6.83. The fraction of sp³-hybridized carbons (Fsp3) is 0.360. The summed E-state index contributed by atoms with van der Waals surface area (Å²) in [4.78, 5) is 16.8. The van der Waals surface area contributed by atoms with E-state index in [0.717, 1.165) is 30.6 Å². The lowest BCUT2D eigenvalue weighted by Gasteiger charge is -2.35. The number of hydrogen-bond acceptors (Lipinski definition) is 4. The van der Waals surface area contributed by atoms with E-state index in [2.05, 4.69) is 0 Å². The van der Waals surface area contributed by atoms with Crippen LogP contribution in [0.25, 0.3) is 11.3 Å². The maximum absolute atomic E-state index is 13.6. The van der Waals surface area contributed by atoms with E-state index in [4.69, 9.17) is 16.7 Å². The summed E-state index contributed by atoms with van der Waals surface area (Å²) >= 11 is 6.35. The molecule has 1 amide bonds. The fourth-order valence-corrected chi connectivity index (χ4v) is 6.98.